The molecule has 0 aromatic rings. The molecular weight excluding hydrogens is 280 g/mol. The van der Waals surface area contributed by atoms with Crippen molar-refractivity contribution in [1.82, 2.24) is 4.31 Å². The summed E-state index contributed by atoms with van der Waals surface area (Å²) < 4.78 is 52.7. The van der Waals surface area contributed by atoms with Gasteiger partial charge in [0.15, 0.2) is 14.9 Å². The van der Waals surface area contributed by atoms with E-state index in [1.54, 1.807) is 7.11 Å². The first-order valence-corrected chi connectivity index (χ1v) is 9.26. The van der Waals surface area contributed by atoms with Crippen LogP contribution >= 0.6 is 0 Å². The van der Waals surface area contributed by atoms with Gasteiger partial charge in [0.25, 0.3) is 0 Å². The third kappa shape index (κ3) is 4.16. The number of nitrogens with zero attached hydrogens (tertiary/aromatic N) is 1. The minimum atomic E-state index is -3.82. The molecule has 1 rings (SSSR count). The lowest BCUT2D eigenvalue weighted by Gasteiger charge is -2.37. The van der Waals surface area contributed by atoms with Gasteiger partial charge in [0.1, 0.15) is 0 Å². The van der Waals surface area contributed by atoms with E-state index in [0.717, 1.165) is 6.26 Å². The minimum absolute atomic E-state index is 0.0248. The van der Waals surface area contributed by atoms with Crippen LogP contribution in [0.1, 0.15) is 12.8 Å². The van der Waals surface area contributed by atoms with Gasteiger partial charge in [-0.1, -0.05) is 0 Å². The van der Waals surface area contributed by atoms with Gasteiger partial charge in [-0.05, 0) is 12.8 Å². The molecule has 18 heavy (non-hydrogen) atoms. The van der Waals surface area contributed by atoms with Gasteiger partial charge in [0.2, 0.25) is 10.0 Å². The van der Waals surface area contributed by atoms with Crippen molar-refractivity contribution in [2.45, 2.75) is 25.0 Å². The normalized spacial score (nSPS) is 27.3. The van der Waals surface area contributed by atoms with E-state index in [0.29, 0.717) is 12.8 Å². The molecular formula is C9H20N2O5S2. The van der Waals surface area contributed by atoms with Gasteiger partial charge in [0, 0.05) is 32.5 Å². The van der Waals surface area contributed by atoms with E-state index in [-0.39, 0.29) is 19.2 Å². The van der Waals surface area contributed by atoms with Crippen molar-refractivity contribution in [1.29, 1.82) is 0 Å². The topological polar surface area (TPSA) is 107 Å². The zero-order valence-electron chi connectivity index (χ0n) is 10.6. The summed E-state index contributed by atoms with van der Waals surface area (Å²) in [7, 11) is -5.84. The molecule has 0 saturated carbocycles. The molecule has 1 aliphatic heterocycles. The lowest BCUT2D eigenvalue weighted by molar-refractivity contribution is 0.0403. The highest BCUT2D eigenvalue weighted by molar-refractivity contribution is 8.06. The molecule has 1 saturated heterocycles. The number of nitrogens with two attached hydrogens (primary N) is 1. The number of hydrogen-bond donors (Lipinski definition) is 1. The summed E-state index contributed by atoms with van der Waals surface area (Å²) in [5.41, 5.74) is 5.56. The number of rotatable bonds is 5. The molecule has 9 heteroatoms. The zero-order chi connectivity index (χ0) is 14.0. The van der Waals surface area contributed by atoms with Crippen LogP contribution < -0.4 is 5.73 Å². The van der Waals surface area contributed by atoms with Crippen molar-refractivity contribution in [2.75, 3.05) is 31.5 Å². The van der Waals surface area contributed by atoms with E-state index >= 15 is 0 Å². The number of piperidine rings is 1. The summed E-state index contributed by atoms with van der Waals surface area (Å²) in [5, 5.41) is -0.867. The molecule has 1 heterocycles. The number of sulfonamides is 1. The van der Waals surface area contributed by atoms with Crippen LogP contribution in [0.3, 0.4) is 0 Å². The molecule has 0 aliphatic carbocycles. The van der Waals surface area contributed by atoms with Crippen molar-refractivity contribution in [2.24, 2.45) is 5.73 Å². The highest BCUT2D eigenvalue weighted by Gasteiger charge is 2.36. The quantitative estimate of drug-likeness (QED) is 0.680. The summed E-state index contributed by atoms with van der Waals surface area (Å²) in [6.45, 7) is 0.404. The molecule has 0 bridgehead atoms. The fourth-order valence-corrected chi connectivity index (χ4v) is 5.84. The Balaban J connectivity index is 2.88. The second-order valence-electron chi connectivity index (χ2n) is 4.54. The summed E-state index contributed by atoms with van der Waals surface area (Å²) in [6, 6.07) is -0.393. The van der Waals surface area contributed by atoms with Gasteiger partial charge in [-0.3, -0.25) is 0 Å². The Morgan fingerprint density at radius 2 is 1.94 bits per heavy atom. The Kier molecular flexibility index (Phi) is 5.13. The van der Waals surface area contributed by atoms with Crippen LogP contribution in [0.2, 0.25) is 0 Å². The predicted octanol–water partition coefficient (Wildman–Crippen LogP) is -1.24. The molecule has 2 unspecified atom stereocenters. The zero-order valence-corrected chi connectivity index (χ0v) is 12.2. The van der Waals surface area contributed by atoms with Crippen LogP contribution in [0.15, 0.2) is 0 Å². The van der Waals surface area contributed by atoms with E-state index in [9.17, 15) is 16.8 Å². The van der Waals surface area contributed by atoms with Gasteiger partial charge in [-0.25, -0.2) is 16.8 Å². The molecule has 2 atom stereocenters. The first-order valence-electron chi connectivity index (χ1n) is 5.59. The van der Waals surface area contributed by atoms with Gasteiger partial charge >= 0.3 is 0 Å². The van der Waals surface area contributed by atoms with Crippen LogP contribution in [0.5, 0.6) is 0 Å². The molecule has 0 aromatic carbocycles. The average molecular weight is 300 g/mol. The molecule has 0 aromatic heterocycles. The molecule has 108 valence electrons. The predicted molar refractivity (Wildman–Crippen MR) is 68.2 cm³/mol. The second kappa shape index (κ2) is 5.83. The number of hydrogen-bond acceptors (Lipinski definition) is 6. The van der Waals surface area contributed by atoms with E-state index in [4.69, 9.17) is 10.5 Å². The fraction of sp³-hybridized carbons (Fsp3) is 1.00. The standard InChI is InChI=1S/C9H20N2O5S2/c1-16-9-3-4-11(8(5-9)6-10)18(14,15)7-17(2,12)13/h8-9H,3-7,10H2,1-2H3. The number of ether oxygens (including phenoxy) is 1. The van der Waals surface area contributed by atoms with Crippen LogP contribution in [-0.2, 0) is 24.6 Å². The van der Waals surface area contributed by atoms with Crippen LogP contribution in [0.25, 0.3) is 0 Å². The van der Waals surface area contributed by atoms with E-state index in [1.165, 1.54) is 4.31 Å². The smallest absolute Gasteiger partial charge is 0.228 e. The maximum atomic E-state index is 12.0. The van der Waals surface area contributed by atoms with Gasteiger partial charge < -0.3 is 10.5 Å². The average Bonchev–Trinajstić information content (AvgIpc) is 2.24. The monoisotopic (exact) mass is 300 g/mol. The minimum Gasteiger partial charge on any atom is -0.381 e. The maximum absolute atomic E-state index is 12.0. The molecule has 0 radical (unpaired) electrons. The molecule has 0 amide bonds. The van der Waals surface area contributed by atoms with Gasteiger partial charge in [-0.2, -0.15) is 4.31 Å². The largest absolute Gasteiger partial charge is 0.381 e. The Morgan fingerprint density at radius 3 is 2.39 bits per heavy atom. The van der Waals surface area contributed by atoms with E-state index in [1.807, 2.05) is 0 Å². The highest BCUT2D eigenvalue weighted by Crippen LogP contribution is 2.22. The fourth-order valence-electron chi connectivity index (χ4n) is 2.12. The van der Waals surface area contributed by atoms with Crippen molar-refractivity contribution in [3.63, 3.8) is 0 Å². The highest BCUT2D eigenvalue weighted by atomic mass is 32.3. The van der Waals surface area contributed by atoms with E-state index in [2.05, 4.69) is 0 Å². The Morgan fingerprint density at radius 1 is 1.33 bits per heavy atom. The molecule has 2 N–H and O–H groups in total. The first kappa shape index (κ1) is 15.8. The maximum Gasteiger partial charge on any atom is 0.228 e. The molecule has 0 spiro atoms. The summed E-state index contributed by atoms with van der Waals surface area (Å²) in [6.07, 6.45) is 1.93. The van der Waals surface area contributed by atoms with Crippen LogP contribution in [0, 0.1) is 0 Å². The van der Waals surface area contributed by atoms with E-state index < -0.39 is 31.0 Å². The van der Waals surface area contributed by atoms with Gasteiger partial charge in [0.05, 0.1) is 6.10 Å². The lowest BCUT2D eigenvalue weighted by Crippen LogP contribution is -2.52. The van der Waals surface area contributed by atoms with Crippen molar-refractivity contribution < 1.29 is 21.6 Å². The van der Waals surface area contributed by atoms with Crippen molar-refractivity contribution in [3.8, 4) is 0 Å². The summed E-state index contributed by atoms with van der Waals surface area (Å²) in [4.78, 5) is 0. The van der Waals surface area contributed by atoms with Crippen LogP contribution in [0.4, 0.5) is 0 Å². The summed E-state index contributed by atoms with van der Waals surface area (Å²) in [5.74, 6) is 0. The first-order chi connectivity index (χ1) is 8.19. The Hall–Kier alpha value is -0.220. The van der Waals surface area contributed by atoms with Crippen molar-refractivity contribution >= 4 is 19.9 Å². The van der Waals surface area contributed by atoms with Crippen molar-refractivity contribution in [3.05, 3.63) is 0 Å². The molecule has 1 aliphatic rings. The third-order valence-electron chi connectivity index (χ3n) is 2.94. The van der Waals surface area contributed by atoms with Gasteiger partial charge in [-0.15, -0.1) is 0 Å². The Labute approximate surface area is 108 Å². The number of methoxy groups -OCH3 is 1. The summed E-state index contributed by atoms with van der Waals surface area (Å²) >= 11 is 0. The lowest BCUT2D eigenvalue weighted by atomic mass is 10.0. The van der Waals surface area contributed by atoms with Crippen LogP contribution in [-0.4, -0.2) is 64.8 Å². The second-order valence-corrected chi connectivity index (χ2v) is 8.96. The SMILES string of the molecule is COC1CCN(S(=O)(=O)CS(C)(=O)=O)C(CN)C1. The Bertz CT molecular complexity index is 473. The molecule has 1 fully saturated rings. The third-order valence-corrected chi connectivity index (χ3v) is 7.04. The number of sulfone groups is 1. The molecule has 7 nitrogen and oxygen atoms in total.